The summed E-state index contributed by atoms with van der Waals surface area (Å²) in [4.78, 5) is 34.2. The number of hydrogen-bond donors (Lipinski definition) is 0. The van der Waals surface area contributed by atoms with Crippen LogP contribution in [0, 0.1) is 0 Å². The maximum absolute atomic E-state index is 13.0. The normalized spacial score (nSPS) is 11.0. The summed E-state index contributed by atoms with van der Waals surface area (Å²) in [5, 5.41) is 3.96. The molecule has 0 saturated carbocycles. The second-order valence-corrected chi connectivity index (χ2v) is 7.96. The standard InChI is InChI=1S/C26H28N4O5/c1-3-5-16-30-21-12-8-7-11-19(21)27-20(26(30)32)14-15-24(31)34-17-23-28-25(29-35-23)18-10-6-9-13-22(18)33-4-2/h6-13H,3-5,14-17H2,1-2H3. The topological polar surface area (TPSA) is 109 Å². The van der Waals surface area contributed by atoms with E-state index < -0.39 is 5.97 Å². The molecule has 0 aliphatic carbocycles. The average molecular weight is 477 g/mol. The fourth-order valence-corrected chi connectivity index (χ4v) is 3.74. The van der Waals surface area contributed by atoms with Crippen LogP contribution in [0.15, 0.2) is 57.8 Å². The Balaban J connectivity index is 1.39. The summed E-state index contributed by atoms with van der Waals surface area (Å²) in [7, 11) is 0. The van der Waals surface area contributed by atoms with Gasteiger partial charge in [-0.25, -0.2) is 4.98 Å². The second kappa shape index (κ2) is 11.4. The summed E-state index contributed by atoms with van der Waals surface area (Å²) in [5.41, 5.74) is 2.41. The number of aromatic nitrogens is 4. The van der Waals surface area contributed by atoms with Crippen molar-refractivity contribution in [2.24, 2.45) is 0 Å². The largest absolute Gasteiger partial charge is 0.493 e. The van der Waals surface area contributed by atoms with E-state index in [0.29, 0.717) is 36.0 Å². The number of benzene rings is 2. The van der Waals surface area contributed by atoms with Crippen molar-refractivity contribution in [3.05, 3.63) is 70.5 Å². The Morgan fingerprint density at radius 3 is 2.69 bits per heavy atom. The molecular formula is C26H28N4O5. The zero-order chi connectivity index (χ0) is 24.6. The lowest BCUT2D eigenvalue weighted by Gasteiger charge is -2.11. The van der Waals surface area contributed by atoms with Crippen molar-refractivity contribution in [2.45, 2.75) is 52.7 Å². The molecule has 9 nitrogen and oxygen atoms in total. The highest BCUT2D eigenvalue weighted by atomic mass is 16.6. The van der Waals surface area contributed by atoms with E-state index >= 15 is 0 Å². The number of hydrogen-bond acceptors (Lipinski definition) is 8. The van der Waals surface area contributed by atoms with Gasteiger partial charge in [-0.05, 0) is 37.6 Å². The molecular weight excluding hydrogens is 448 g/mol. The molecule has 4 aromatic rings. The summed E-state index contributed by atoms with van der Waals surface area (Å²) >= 11 is 0. The number of unbranched alkanes of at least 4 members (excludes halogenated alkanes) is 1. The highest BCUT2D eigenvalue weighted by Gasteiger charge is 2.16. The van der Waals surface area contributed by atoms with Gasteiger partial charge >= 0.3 is 5.97 Å². The molecule has 0 saturated heterocycles. The van der Waals surface area contributed by atoms with Gasteiger partial charge < -0.3 is 18.6 Å². The minimum absolute atomic E-state index is 0.0164. The SMILES string of the molecule is CCCCn1c(=O)c(CCC(=O)OCc2nc(-c3ccccc3OCC)no2)nc2ccccc21. The first kappa shape index (κ1) is 24.1. The second-order valence-electron chi connectivity index (χ2n) is 7.96. The molecule has 0 spiro atoms. The maximum atomic E-state index is 13.0. The molecule has 0 radical (unpaired) electrons. The quantitative estimate of drug-likeness (QED) is 0.294. The number of esters is 1. The smallest absolute Gasteiger partial charge is 0.306 e. The van der Waals surface area contributed by atoms with Gasteiger partial charge in [0.05, 0.1) is 29.6 Å². The Kier molecular flexibility index (Phi) is 7.87. The fourth-order valence-electron chi connectivity index (χ4n) is 3.74. The minimum Gasteiger partial charge on any atom is -0.493 e. The molecule has 4 rings (SSSR count). The van der Waals surface area contributed by atoms with Gasteiger partial charge in [-0.2, -0.15) is 4.98 Å². The van der Waals surface area contributed by atoms with Gasteiger partial charge in [0, 0.05) is 13.0 Å². The molecule has 2 heterocycles. The molecule has 0 bridgehead atoms. The maximum Gasteiger partial charge on any atom is 0.306 e. The van der Waals surface area contributed by atoms with Gasteiger partial charge in [0.1, 0.15) is 11.4 Å². The van der Waals surface area contributed by atoms with Gasteiger partial charge in [0.25, 0.3) is 11.4 Å². The number of fused-ring (bicyclic) bond motifs is 1. The van der Waals surface area contributed by atoms with Crippen molar-refractivity contribution in [1.29, 1.82) is 0 Å². The Bertz CT molecular complexity index is 1360. The third-order valence-electron chi connectivity index (χ3n) is 5.47. The molecule has 35 heavy (non-hydrogen) atoms. The molecule has 0 amide bonds. The first-order chi connectivity index (χ1) is 17.1. The Labute approximate surface area is 202 Å². The molecule has 0 aliphatic rings. The summed E-state index contributed by atoms with van der Waals surface area (Å²) in [6, 6.07) is 14.9. The van der Waals surface area contributed by atoms with E-state index in [1.807, 2.05) is 55.5 Å². The van der Waals surface area contributed by atoms with Crippen LogP contribution in [-0.2, 0) is 29.1 Å². The van der Waals surface area contributed by atoms with Crippen LogP contribution < -0.4 is 10.3 Å². The van der Waals surface area contributed by atoms with E-state index in [-0.39, 0.29) is 30.9 Å². The van der Waals surface area contributed by atoms with Crippen molar-refractivity contribution in [1.82, 2.24) is 19.7 Å². The van der Waals surface area contributed by atoms with Crippen LogP contribution in [0.3, 0.4) is 0 Å². The summed E-state index contributed by atoms with van der Waals surface area (Å²) in [6.45, 7) is 4.94. The van der Waals surface area contributed by atoms with Crippen LogP contribution in [-0.4, -0.2) is 32.3 Å². The Morgan fingerprint density at radius 2 is 1.86 bits per heavy atom. The van der Waals surface area contributed by atoms with E-state index in [2.05, 4.69) is 22.0 Å². The molecule has 2 aromatic heterocycles. The van der Waals surface area contributed by atoms with E-state index in [4.69, 9.17) is 14.0 Å². The van der Waals surface area contributed by atoms with Gasteiger partial charge in [-0.3, -0.25) is 9.59 Å². The summed E-state index contributed by atoms with van der Waals surface area (Å²) < 4.78 is 17.9. The number of para-hydroxylation sites is 3. The Morgan fingerprint density at radius 1 is 1.06 bits per heavy atom. The highest BCUT2D eigenvalue weighted by molar-refractivity contribution is 5.75. The third kappa shape index (κ3) is 5.74. The van der Waals surface area contributed by atoms with Crippen molar-refractivity contribution < 1.29 is 18.8 Å². The number of carbonyl (C=O) groups is 1. The van der Waals surface area contributed by atoms with E-state index in [1.165, 1.54) is 0 Å². The first-order valence-corrected chi connectivity index (χ1v) is 11.8. The van der Waals surface area contributed by atoms with Crippen molar-refractivity contribution in [3.8, 4) is 17.1 Å². The monoisotopic (exact) mass is 476 g/mol. The molecule has 2 aromatic carbocycles. The summed E-state index contributed by atoms with van der Waals surface area (Å²) in [5.74, 6) is 0.694. The van der Waals surface area contributed by atoms with Crippen molar-refractivity contribution >= 4 is 17.0 Å². The van der Waals surface area contributed by atoms with Crippen LogP contribution >= 0.6 is 0 Å². The van der Waals surface area contributed by atoms with Crippen molar-refractivity contribution in [2.75, 3.05) is 6.61 Å². The summed E-state index contributed by atoms with van der Waals surface area (Å²) in [6.07, 6.45) is 2.06. The predicted molar refractivity (Wildman–Crippen MR) is 130 cm³/mol. The van der Waals surface area contributed by atoms with Gasteiger partial charge in [-0.15, -0.1) is 0 Å². The zero-order valence-electron chi connectivity index (χ0n) is 19.9. The van der Waals surface area contributed by atoms with Crippen molar-refractivity contribution in [3.63, 3.8) is 0 Å². The van der Waals surface area contributed by atoms with Gasteiger partial charge in [-0.1, -0.05) is 42.8 Å². The van der Waals surface area contributed by atoms with Crippen LogP contribution in [0.5, 0.6) is 5.75 Å². The van der Waals surface area contributed by atoms with E-state index in [0.717, 1.165) is 23.9 Å². The van der Waals surface area contributed by atoms with Crippen LogP contribution in [0.4, 0.5) is 0 Å². The lowest BCUT2D eigenvalue weighted by Crippen LogP contribution is -2.26. The van der Waals surface area contributed by atoms with Crippen LogP contribution in [0.25, 0.3) is 22.4 Å². The van der Waals surface area contributed by atoms with E-state index in [1.54, 1.807) is 4.57 Å². The number of carbonyl (C=O) groups excluding carboxylic acids is 1. The van der Waals surface area contributed by atoms with Gasteiger partial charge in [0.15, 0.2) is 6.61 Å². The molecule has 0 fully saturated rings. The number of aryl methyl sites for hydroxylation is 2. The lowest BCUT2D eigenvalue weighted by molar-refractivity contribution is -0.145. The van der Waals surface area contributed by atoms with Gasteiger partial charge in [0.2, 0.25) is 5.82 Å². The molecule has 182 valence electrons. The molecule has 0 N–H and O–H groups in total. The zero-order valence-corrected chi connectivity index (χ0v) is 19.9. The highest BCUT2D eigenvalue weighted by Crippen LogP contribution is 2.27. The average Bonchev–Trinajstić information content (AvgIpc) is 3.35. The number of nitrogens with zero attached hydrogens (tertiary/aromatic N) is 4. The minimum atomic E-state index is -0.478. The third-order valence-corrected chi connectivity index (χ3v) is 5.47. The molecule has 0 aliphatic heterocycles. The predicted octanol–water partition coefficient (Wildman–Crippen LogP) is 4.32. The molecule has 0 atom stereocenters. The first-order valence-electron chi connectivity index (χ1n) is 11.8. The molecule has 9 heteroatoms. The molecule has 0 unspecified atom stereocenters. The van der Waals surface area contributed by atoms with Crippen LogP contribution in [0.2, 0.25) is 0 Å². The fraction of sp³-hybridized carbons (Fsp3) is 0.346. The van der Waals surface area contributed by atoms with Crippen LogP contribution in [0.1, 0.15) is 44.7 Å². The lowest BCUT2D eigenvalue weighted by atomic mass is 10.2. The Hall–Kier alpha value is -4.01. The number of rotatable bonds is 11. The van der Waals surface area contributed by atoms with E-state index in [9.17, 15) is 9.59 Å². The number of ether oxygens (including phenoxy) is 2.